The Kier molecular flexibility index (Phi) is 7.67. The molecule has 0 bridgehead atoms. The van der Waals surface area contributed by atoms with Crippen LogP contribution in [0, 0.1) is 0 Å². The van der Waals surface area contributed by atoms with E-state index in [2.05, 4.69) is 19.9 Å². The van der Waals surface area contributed by atoms with E-state index in [4.69, 9.17) is 23.2 Å². The van der Waals surface area contributed by atoms with Crippen LogP contribution in [-0.4, -0.2) is 43.0 Å². The molecule has 1 unspecified atom stereocenters. The van der Waals surface area contributed by atoms with Gasteiger partial charge in [-0.25, -0.2) is 9.19 Å². The zero-order valence-corrected chi connectivity index (χ0v) is 20.4. The highest BCUT2D eigenvalue weighted by Gasteiger charge is 2.34. The van der Waals surface area contributed by atoms with Gasteiger partial charge in [0, 0.05) is 12.2 Å². The van der Waals surface area contributed by atoms with Gasteiger partial charge in [0.15, 0.2) is 5.82 Å². The monoisotopic (exact) mass is 520 g/mol. The minimum Gasteiger partial charge on any atom is -0.306 e. The lowest BCUT2D eigenvalue weighted by Gasteiger charge is -2.17. The summed E-state index contributed by atoms with van der Waals surface area (Å²) in [5, 5.41) is 8.29. The summed E-state index contributed by atoms with van der Waals surface area (Å²) < 4.78 is 57.2. The Balaban J connectivity index is 2.04. The van der Waals surface area contributed by atoms with E-state index in [0.29, 0.717) is 23.9 Å². The molecule has 1 atom stereocenters. The SMILES string of the molecule is CC(C)n1c(CN(C)C)nnc1-c1ncc(Cl)cc1NS(=O)c1ccc(Cl)c(C(F)(F)F)c1. The van der Waals surface area contributed by atoms with Crippen LogP contribution in [0.1, 0.15) is 31.3 Å². The van der Waals surface area contributed by atoms with E-state index in [-0.39, 0.29) is 21.6 Å². The molecule has 0 aliphatic rings. The van der Waals surface area contributed by atoms with Crippen molar-refractivity contribution in [2.45, 2.75) is 37.5 Å². The highest BCUT2D eigenvalue weighted by Crippen LogP contribution is 2.36. The molecule has 2 heterocycles. The van der Waals surface area contributed by atoms with E-state index < -0.39 is 27.7 Å². The van der Waals surface area contributed by atoms with Gasteiger partial charge in [0.2, 0.25) is 0 Å². The number of halogens is 5. The van der Waals surface area contributed by atoms with E-state index in [0.717, 1.165) is 12.1 Å². The maximum Gasteiger partial charge on any atom is 0.417 e. The van der Waals surface area contributed by atoms with Gasteiger partial charge < -0.3 is 9.47 Å². The molecule has 0 fully saturated rings. The summed E-state index contributed by atoms with van der Waals surface area (Å²) in [6.45, 7) is 4.44. The number of alkyl halides is 3. The first-order chi connectivity index (χ1) is 15.4. The van der Waals surface area contributed by atoms with Crippen LogP contribution in [0.15, 0.2) is 35.4 Å². The molecule has 0 saturated heterocycles. The number of nitrogens with zero attached hydrogens (tertiary/aromatic N) is 5. The first-order valence-corrected chi connectivity index (χ1v) is 11.6. The van der Waals surface area contributed by atoms with Gasteiger partial charge >= 0.3 is 6.18 Å². The minimum atomic E-state index is -4.68. The minimum absolute atomic E-state index is 0.0219. The van der Waals surface area contributed by atoms with Gasteiger partial charge in [0.1, 0.15) is 22.5 Å². The Hall–Kier alpha value is -2.21. The Labute approximate surface area is 201 Å². The standard InChI is InChI=1S/C20H21Cl2F3N6OS/c1-11(2)31-17(10-30(3)4)27-28-19(31)18-16(7-12(21)9-26-18)29-33(32)13-5-6-15(22)14(8-13)20(23,24)25/h5-9,11,29H,10H2,1-4H3. The van der Waals surface area contributed by atoms with E-state index in [9.17, 15) is 17.4 Å². The fourth-order valence-electron chi connectivity index (χ4n) is 3.11. The normalized spacial score (nSPS) is 13.1. The number of hydrogen-bond acceptors (Lipinski definition) is 5. The van der Waals surface area contributed by atoms with Gasteiger partial charge in [0.25, 0.3) is 0 Å². The Morgan fingerprint density at radius 2 is 1.88 bits per heavy atom. The van der Waals surface area contributed by atoms with Gasteiger partial charge in [0.05, 0.1) is 32.7 Å². The zero-order chi connectivity index (χ0) is 24.5. The molecule has 0 aliphatic heterocycles. The van der Waals surface area contributed by atoms with E-state index >= 15 is 0 Å². The third kappa shape index (κ3) is 5.84. The summed E-state index contributed by atoms with van der Waals surface area (Å²) in [7, 11) is 1.73. The van der Waals surface area contributed by atoms with Crippen LogP contribution < -0.4 is 4.72 Å². The predicted molar refractivity (Wildman–Crippen MR) is 123 cm³/mol. The molecule has 3 rings (SSSR count). The molecule has 0 spiro atoms. The molecule has 33 heavy (non-hydrogen) atoms. The van der Waals surface area contributed by atoms with Crippen molar-refractivity contribution in [2.24, 2.45) is 0 Å². The molecule has 3 aromatic rings. The smallest absolute Gasteiger partial charge is 0.306 e. The second kappa shape index (κ2) is 9.96. The van der Waals surface area contributed by atoms with Crippen molar-refractivity contribution < 1.29 is 17.4 Å². The molecule has 0 saturated carbocycles. The van der Waals surface area contributed by atoms with Gasteiger partial charge in [-0.05, 0) is 52.2 Å². The number of hydrogen-bond donors (Lipinski definition) is 1. The molecular formula is C20H21Cl2F3N6OS. The maximum absolute atomic E-state index is 13.2. The molecule has 0 radical (unpaired) electrons. The van der Waals surface area contributed by atoms with Crippen molar-refractivity contribution in [1.29, 1.82) is 0 Å². The number of rotatable bonds is 7. The van der Waals surface area contributed by atoms with E-state index in [1.165, 1.54) is 18.3 Å². The average molecular weight is 521 g/mol. The third-order valence-corrected chi connectivity index (χ3v) is 6.09. The highest BCUT2D eigenvalue weighted by molar-refractivity contribution is 7.86. The molecule has 178 valence electrons. The van der Waals surface area contributed by atoms with Gasteiger partial charge in [-0.15, -0.1) is 10.2 Å². The summed E-state index contributed by atoms with van der Waals surface area (Å²) in [5.41, 5.74) is -0.534. The number of nitrogens with one attached hydrogen (secondary N) is 1. The summed E-state index contributed by atoms with van der Waals surface area (Å²) in [6.07, 6.45) is -3.28. The fraction of sp³-hybridized carbons (Fsp3) is 0.350. The van der Waals surface area contributed by atoms with E-state index in [1.807, 2.05) is 37.4 Å². The molecule has 2 aromatic heterocycles. The molecule has 1 N–H and O–H groups in total. The first kappa shape index (κ1) is 25.4. The van der Waals surface area contributed by atoms with Crippen molar-refractivity contribution in [3.05, 3.63) is 51.9 Å². The summed E-state index contributed by atoms with van der Waals surface area (Å²) >= 11 is 11.8. The largest absolute Gasteiger partial charge is 0.417 e. The number of benzene rings is 1. The topological polar surface area (TPSA) is 75.9 Å². The molecule has 7 nitrogen and oxygen atoms in total. The number of anilines is 1. The summed E-state index contributed by atoms with van der Waals surface area (Å²) in [5.74, 6) is 1.10. The maximum atomic E-state index is 13.2. The second-order valence-electron chi connectivity index (χ2n) is 7.70. The van der Waals surface area contributed by atoms with Crippen LogP contribution in [0.25, 0.3) is 11.5 Å². The van der Waals surface area contributed by atoms with Crippen LogP contribution in [0.4, 0.5) is 18.9 Å². The van der Waals surface area contributed by atoms with Crippen LogP contribution >= 0.6 is 23.2 Å². The van der Waals surface area contributed by atoms with Crippen LogP contribution in [-0.2, 0) is 23.7 Å². The van der Waals surface area contributed by atoms with Gasteiger partial charge in [-0.2, -0.15) is 13.2 Å². The van der Waals surface area contributed by atoms with Gasteiger partial charge in [-0.3, -0.25) is 4.72 Å². The Bertz CT molecular complexity index is 1180. The number of pyridine rings is 1. The van der Waals surface area contributed by atoms with Crippen molar-refractivity contribution in [3.8, 4) is 11.5 Å². The van der Waals surface area contributed by atoms with Crippen LogP contribution in [0.2, 0.25) is 10.0 Å². The molecule has 13 heteroatoms. The van der Waals surface area contributed by atoms with Crippen molar-refractivity contribution in [1.82, 2.24) is 24.6 Å². The van der Waals surface area contributed by atoms with E-state index in [1.54, 1.807) is 0 Å². The summed E-state index contributed by atoms with van der Waals surface area (Å²) in [6, 6.07) is 4.51. The fourth-order valence-corrected chi connectivity index (χ4v) is 4.38. The quantitative estimate of drug-likeness (QED) is 0.448. The Morgan fingerprint density at radius 1 is 1.18 bits per heavy atom. The van der Waals surface area contributed by atoms with Gasteiger partial charge in [-0.1, -0.05) is 23.2 Å². The average Bonchev–Trinajstić information content (AvgIpc) is 3.10. The highest BCUT2D eigenvalue weighted by atomic mass is 35.5. The lowest BCUT2D eigenvalue weighted by atomic mass is 10.2. The molecule has 0 aliphatic carbocycles. The molecular weight excluding hydrogens is 500 g/mol. The van der Waals surface area contributed by atoms with Crippen LogP contribution in [0.3, 0.4) is 0 Å². The second-order valence-corrected chi connectivity index (χ2v) is 9.76. The Morgan fingerprint density at radius 3 is 2.48 bits per heavy atom. The summed E-state index contributed by atoms with van der Waals surface area (Å²) in [4.78, 5) is 6.16. The molecule has 1 aromatic carbocycles. The van der Waals surface area contributed by atoms with Crippen LogP contribution in [0.5, 0.6) is 0 Å². The first-order valence-electron chi connectivity index (χ1n) is 9.68. The van der Waals surface area contributed by atoms with Crippen molar-refractivity contribution in [3.63, 3.8) is 0 Å². The van der Waals surface area contributed by atoms with Crippen molar-refractivity contribution in [2.75, 3.05) is 18.8 Å². The number of aromatic nitrogens is 4. The lowest BCUT2D eigenvalue weighted by Crippen LogP contribution is -2.17. The molecule has 0 amide bonds. The zero-order valence-electron chi connectivity index (χ0n) is 18.1. The lowest BCUT2D eigenvalue weighted by molar-refractivity contribution is -0.137. The van der Waals surface area contributed by atoms with Crippen molar-refractivity contribution >= 4 is 39.9 Å². The predicted octanol–water partition coefficient (Wildman–Crippen LogP) is 5.44. The third-order valence-electron chi connectivity index (χ3n) is 4.47.